The van der Waals surface area contributed by atoms with E-state index in [1.807, 2.05) is 55.5 Å². The SMILES string of the molecule is CCOCCOc1ccc(CN(CCO)C[C@@H](O)CN2c3ccccc3Sc3ccccc32)cc1. The highest BCUT2D eigenvalue weighted by Crippen LogP contribution is 2.47. The summed E-state index contributed by atoms with van der Waals surface area (Å²) in [6.07, 6.45) is -0.591. The highest BCUT2D eigenvalue weighted by atomic mass is 32.2. The molecule has 35 heavy (non-hydrogen) atoms. The number of aliphatic hydroxyl groups excluding tert-OH is 2. The first-order chi connectivity index (χ1) is 17.2. The predicted molar refractivity (Wildman–Crippen MR) is 141 cm³/mol. The van der Waals surface area contributed by atoms with Crippen molar-refractivity contribution in [3.8, 4) is 5.75 Å². The Hall–Kier alpha value is -2.55. The number of nitrogens with zero attached hydrogens (tertiary/aromatic N) is 2. The maximum atomic E-state index is 11.1. The molecule has 0 radical (unpaired) electrons. The van der Waals surface area contributed by atoms with E-state index in [-0.39, 0.29) is 6.61 Å². The minimum atomic E-state index is -0.591. The lowest BCUT2D eigenvalue weighted by atomic mass is 10.1. The number of aliphatic hydroxyl groups is 2. The largest absolute Gasteiger partial charge is 0.491 e. The lowest BCUT2D eigenvalue weighted by Crippen LogP contribution is -2.40. The van der Waals surface area contributed by atoms with Crippen molar-refractivity contribution in [2.24, 2.45) is 0 Å². The van der Waals surface area contributed by atoms with Gasteiger partial charge in [0.15, 0.2) is 0 Å². The minimum Gasteiger partial charge on any atom is -0.491 e. The first-order valence-electron chi connectivity index (χ1n) is 12.1. The van der Waals surface area contributed by atoms with Gasteiger partial charge in [0.05, 0.1) is 37.2 Å². The molecule has 0 spiro atoms. The fourth-order valence-corrected chi connectivity index (χ4v) is 5.33. The van der Waals surface area contributed by atoms with Crippen LogP contribution in [-0.2, 0) is 11.3 Å². The second-order valence-corrected chi connectivity index (χ2v) is 9.53. The summed E-state index contributed by atoms with van der Waals surface area (Å²) in [4.78, 5) is 6.67. The fraction of sp³-hybridized carbons (Fsp3) is 0.357. The average molecular weight is 495 g/mol. The first kappa shape index (κ1) is 25.5. The Morgan fingerprint density at radius 1 is 0.914 bits per heavy atom. The molecule has 1 aliphatic heterocycles. The van der Waals surface area contributed by atoms with Crippen molar-refractivity contribution >= 4 is 23.1 Å². The molecular weight excluding hydrogens is 460 g/mol. The monoisotopic (exact) mass is 494 g/mol. The molecule has 0 saturated heterocycles. The summed E-state index contributed by atoms with van der Waals surface area (Å²) >= 11 is 1.76. The lowest BCUT2D eigenvalue weighted by molar-refractivity contribution is 0.100. The number of rotatable bonds is 13. The van der Waals surface area contributed by atoms with E-state index in [9.17, 15) is 10.2 Å². The van der Waals surface area contributed by atoms with Crippen LogP contribution in [-0.4, -0.2) is 67.3 Å². The van der Waals surface area contributed by atoms with Crippen molar-refractivity contribution in [1.82, 2.24) is 4.90 Å². The van der Waals surface area contributed by atoms with Crippen molar-refractivity contribution in [3.63, 3.8) is 0 Å². The van der Waals surface area contributed by atoms with Crippen LogP contribution in [0.25, 0.3) is 0 Å². The van der Waals surface area contributed by atoms with E-state index in [1.165, 1.54) is 9.79 Å². The molecule has 0 aromatic heterocycles. The Morgan fingerprint density at radius 3 is 2.20 bits per heavy atom. The van der Waals surface area contributed by atoms with Crippen LogP contribution in [0.15, 0.2) is 82.6 Å². The molecule has 1 atom stereocenters. The van der Waals surface area contributed by atoms with Crippen LogP contribution in [0.1, 0.15) is 12.5 Å². The molecule has 0 aliphatic carbocycles. The Bertz CT molecular complexity index is 1020. The van der Waals surface area contributed by atoms with Crippen molar-refractivity contribution in [2.75, 3.05) is 51.0 Å². The van der Waals surface area contributed by atoms with E-state index < -0.39 is 6.10 Å². The molecule has 0 fully saturated rings. The number of β-amino-alcohol motifs (C(OH)–C–C–N with tert-alkyl or cyclic N) is 1. The normalized spacial score (nSPS) is 13.4. The van der Waals surface area contributed by atoms with Gasteiger partial charge >= 0.3 is 0 Å². The predicted octanol–water partition coefficient (Wildman–Crippen LogP) is 4.56. The van der Waals surface area contributed by atoms with Gasteiger partial charge in [0.2, 0.25) is 0 Å². The summed E-state index contributed by atoms with van der Waals surface area (Å²) in [5.74, 6) is 0.808. The standard InChI is InChI=1S/C28H34N2O4S/c1-2-33-17-18-34-24-13-11-22(12-14-24)19-29(15-16-31)20-23(32)21-30-25-7-3-5-9-27(25)35-28-10-6-4-8-26(28)30/h3-14,23,31-32H,2,15-21H2,1H3/t23-/m1/s1. The van der Waals surface area contributed by atoms with Gasteiger partial charge in [-0.25, -0.2) is 0 Å². The van der Waals surface area contributed by atoms with Gasteiger partial charge in [-0.15, -0.1) is 0 Å². The van der Waals surface area contributed by atoms with Crippen LogP contribution in [0.4, 0.5) is 11.4 Å². The van der Waals surface area contributed by atoms with Gasteiger partial charge in [-0.3, -0.25) is 4.90 Å². The average Bonchev–Trinajstić information content (AvgIpc) is 2.87. The van der Waals surface area contributed by atoms with E-state index in [0.717, 1.165) is 22.7 Å². The van der Waals surface area contributed by atoms with Crippen molar-refractivity contribution in [1.29, 1.82) is 0 Å². The van der Waals surface area contributed by atoms with Crippen LogP contribution in [0, 0.1) is 0 Å². The maximum Gasteiger partial charge on any atom is 0.119 e. The van der Waals surface area contributed by atoms with Crippen LogP contribution in [0.5, 0.6) is 5.75 Å². The van der Waals surface area contributed by atoms with Gasteiger partial charge in [0.25, 0.3) is 0 Å². The van der Waals surface area contributed by atoms with Crippen LogP contribution in [0.3, 0.4) is 0 Å². The van der Waals surface area contributed by atoms with E-state index in [4.69, 9.17) is 9.47 Å². The van der Waals surface area contributed by atoms with E-state index >= 15 is 0 Å². The van der Waals surface area contributed by atoms with E-state index in [1.54, 1.807) is 11.8 Å². The van der Waals surface area contributed by atoms with Crippen LogP contribution >= 0.6 is 11.8 Å². The zero-order valence-electron chi connectivity index (χ0n) is 20.2. The molecule has 0 unspecified atom stereocenters. The Balaban J connectivity index is 1.39. The molecule has 1 heterocycles. The fourth-order valence-electron chi connectivity index (χ4n) is 4.23. The molecule has 7 heteroatoms. The Kier molecular flexibility index (Phi) is 9.45. The molecule has 3 aromatic rings. The smallest absolute Gasteiger partial charge is 0.119 e. The summed E-state index contributed by atoms with van der Waals surface area (Å²) in [6, 6.07) is 24.6. The van der Waals surface area contributed by atoms with Crippen molar-refractivity contribution < 1.29 is 19.7 Å². The zero-order valence-corrected chi connectivity index (χ0v) is 21.0. The van der Waals surface area contributed by atoms with Crippen LogP contribution < -0.4 is 9.64 Å². The number of anilines is 2. The van der Waals surface area contributed by atoms with E-state index in [2.05, 4.69) is 34.1 Å². The second-order valence-electron chi connectivity index (χ2n) is 8.45. The molecule has 6 nitrogen and oxygen atoms in total. The molecule has 4 rings (SSSR count). The topological polar surface area (TPSA) is 65.4 Å². The highest BCUT2D eigenvalue weighted by Gasteiger charge is 2.25. The highest BCUT2D eigenvalue weighted by molar-refractivity contribution is 7.99. The Morgan fingerprint density at radius 2 is 1.57 bits per heavy atom. The number of hydrogen-bond donors (Lipinski definition) is 2. The summed E-state index contributed by atoms with van der Waals surface area (Å²) in [5, 5.41) is 20.7. The van der Waals surface area contributed by atoms with Crippen molar-refractivity contribution in [2.45, 2.75) is 29.4 Å². The Labute approximate surface area is 212 Å². The zero-order chi connectivity index (χ0) is 24.5. The third-order valence-electron chi connectivity index (χ3n) is 5.84. The number of hydrogen-bond acceptors (Lipinski definition) is 7. The van der Waals surface area contributed by atoms with Crippen LogP contribution in [0.2, 0.25) is 0 Å². The lowest BCUT2D eigenvalue weighted by Gasteiger charge is -2.35. The number of benzene rings is 3. The molecular formula is C28H34N2O4S. The first-order valence-corrected chi connectivity index (χ1v) is 12.9. The van der Waals surface area contributed by atoms with Crippen molar-refractivity contribution in [3.05, 3.63) is 78.4 Å². The summed E-state index contributed by atoms with van der Waals surface area (Å²) < 4.78 is 11.0. The van der Waals surface area contributed by atoms with Gasteiger partial charge < -0.3 is 24.6 Å². The van der Waals surface area contributed by atoms with Gasteiger partial charge in [-0.1, -0.05) is 48.2 Å². The third-order valence-corrected chi connectivity index (χ3v) is 6.97. The van der Waals surface area contributed by atoms with Gasteiger partial charge in [-0.05, 0) is 48.9 Å². The van der Waals surface area contributed by atoms with Gasteiger partial charge in [-0.2, -0.15) is 0 Å². The molecule has 2 N–H and O–H groups in total. The number of fused-ring (bicyclic) bond motifs is 2. The molecule has 1 aliphatic rings. The third kappa shape index (κ3) is 6.99. The molecule has 186 valence electrons. The molecule has 0 amide bonds. The summed E-state index contributed by atoms with van der Waals surface area (Å²) in [6.45, 7) is 5.86. The summed E-state index contributed by atoms with van der Waals surface area (Å²) in [7, 11) is 0. The maximum absolute atomic E-state index is 11.1. The molecule has 0 saturated carbocycles. The molecule has 0 bridgehead atoms. The van der Waals surface area contributed by atoms with Gasteiger partial charge in [0.1, 0.15) is 12.4 Å². The number of para-hydroxylation sites is 2. The van der Waals surface area contributed by atoms with E-state index in [0.29, 0.717) is 46.0 Å². The second kappa shape index (κ2) is 13.0. The quantitative estimate of drug-likeness (QED) is 0.338. The summed E-state index contributed by atoms with van der Waals surface area (Å²) in [5.41, 5.74) is 3.33. The minimum absolute atomic E-state index is 0.0391. The molecule has 3 aromatic carbocycles. The number of ether oxygens (including phenoxy) is 2. The van der Waals surface area contributed by atoms with Gasteiger partial charge in [0, 0.05) is 36.0 Å².